The SMILES string of the molecule is CCCN(C(=O)C(CC)CC)C1CCNC1.Cl. The van der Waals surface area contributed by atoms with Gasteiger partial charge in [-0.2, -0.15) is 0 Å². The van der Waals surface area contributed by atoms with Gasteiger partial charge < -0.3 is 10.2 Å². The van der Waals surface area contributed by atoms with E-state index < -0.39 is 0 Å². The van der Waals surface area contributed by atoms with Gasteiger partial charge in [0.25, 0.3) is 0 Å². The Balaban J connectivity index is 0.00000256. The Kier molecular flexibility index (Phi) is 8.61. The van der Waals surface area contributed by atoms with Gasteiger partial charge in [0.05, 0.1) is 0 Å². The number of hydrogen-bond acceptors (Lipinski definition) is 2. The average molecular weight is 263 g/mol. The lowest BCUT2D eigenvalue weighted by molar-refractivity contribution is -0.137. The molecule has 4 heteroatoms. The fourth-order valence-electron chi connectivity index (χ4n) is 2.49. The summed E-state index contributed by atoms with van der Waals surface area (Å²) in [6.45, 7) is 9.33. The fourth-order valence-corrected chi connectivity index (χ4v) is 2.49. The average Bonchev–Trinajstić information content (AvgIpc) is 2.80. The zero-order valence-electron chi connectivity index (χ0n) is 11.4. The molecule has 1 aliphatic rings. The van der Waals surface area contributed by atoms with Crippen LogP contribution in [-0.2, 0) is 4.79 Å². The summed E-state index contributed by atoms with van der Waals surface area (Å²) in [4.78, 5) is 14.5. The highest BCUT2D eigenvalue weighted by Crippen LogP contribution is 2.17. The van der Waals surface area contributed by atoms with Crippen LogP contribution >= 0.6 is 12.4 Å². The summed E-state index contributed by atoms with van der Waals surface area (Å²) in [6.07, 6.45) is 4.11. The Hall–Kier alpha value is -0.280. The molecule has 1 amide bonds. The van der Waals surface area contributed by atoms with Crippen LogP contribution in [0.4, 0.5) is 0 Å². The predicted octanol–water partition coefficient (Wildman–Crippen LogP) is 2.44. The van der Waals surface area contributed by atoms with Crippen molar-refractivity contribution in [1.29, 1.82) is 0 Å². The standard InChI is InChI=1S/C13H26N2O.ClH/c1-4-9-15(12-7-8-14-10-12)13(16)11(5-2)6-3;/h11-12,14H,4-10H2,1-3H3;1H. The molecular formula is C13H27ClN2O. The van der Waals surface area contributed by atoms with Crippen molar-refractivity contribution in [3.8, 4) is 0 Å². The number of halogens is 1. The Morgan fingerprint density at radius 2 is 2.00 bits per heavy atom. The second-order valence-electron chi connectivity index (χ2n) is 4.69. The first-order chi connectivity index (χ1) is 7.74. The van der Waals surface area contributed by atoms with E-state index in [1.54, 1.807) is 0 Å². The molecule has 1 aliphatic heterocycles. The molecule has 0 aromatic carbocycles. The van der Waals surface area contributed by atoms with Crippen LogP contribution < -0.4 is 5.32 Å². The molecule has 1 fully saturated rings. The van der Waals surface area contributed by atoms with E-state index in [1.807, 2.05) is 0 Å². The summed E-state index contributed by atoms with van der Waals surface area (Å²) in [5.74, 6) is 0.604. The van der Waals surface area contributed by atoms with Gasteiger partial charge in [-0.1, -0.05) is 20.8 Å². The minimum atomic E-state index is 0. The first-order valence-corrected chi connectivity index (χ1v) is 6.75. The second-order valence-corrected chi connectivity index (χ2v) is 4.69. The third-order valence-electron chi connectivity index (χ3n) is 3.56. The molecule has 0 bridgehead atoms. The van der Waals surface area contributed by atoms with E-state index in [-0.39, 0.29) is 18.3 Å². The number of carbonyl (C=O) groups is 1. The third-order valence-corrected chi connectivity index (χ3v) is 3.56. The van der Waals surface area contributed by atoms with Gasteiger partial charge in [-0.3, -0.25) is 4.79 Å². The van der Waals surface area contributed by atoms with E-state index in [2.05, 4.69) is 31.0 Å². The van der Waals surface area contributed by atoms with Crippen molar-refractivity contribution in [3.05, 3.63) is 0 Å². The first kappa shape index (κ1) is 16.7. The lowest BCUT2D eigenvalue weighted by Gasteiger charge is -2.31. The number of hydrogen-bond donors (Lipinski definition) is 1. The summed E-state index contributed by atoms with van der Waals surface area (Å²) >= 11 is 0. The van der Waals surface area contributed by atoms with Gasteiger partial charge in [-0.25, -0.2) is 0 Å². The Morgan fingerprint density at radius 3 is 2.41 bits per heavy atom. The van der Waals surface area contributed by atoms with E-state index in [9.17, 15) is 4.79 Å². The zero-order chi connectivity index (χ0) is 12.0. The van der Waals surface area contributed by atoms with Gasteiger partial charge in [0, 0.05) is 25.0 Å². The number of rotatable bonds is 6. The molecule has 102 valence electrons. The van der Waals surface area contributed by atoms with E-state index in [0.717, 1.165) is 45.3 Å². The molecule has 0 aromatic rings. The van der Waals surface area contributed by atoms with Crippen LogP contribution in [0.25, 0.3) is 0 Å². The van der Waals surface area contributed by atoms with E-state index in [1.165, 1.54) is 0 Å². The van der Waals surface area contributed by atoms with Crippen LogP contribution in [-0.4, -0.2) is 36.5 Å². The molecule has 1 saturated heterocycles. The summed E-state index contributed by atoms with van der Waals surface area (Å²) < 4.78 is 0. The highest BCUT2D eigenvalue weighted by atomic mass is 35.5. The van der Waals surface area contributed by atoms with Gasteiger partial charge >= 0.3 is 0 Å². The van der Waals surface area contributed by atoms with Crippen molar-refractivity contribution in [1.82, 2.24) is 10.2 Å². The Labute approximate surface area is 112 Å². The lowest BCUT2D eigenvalue weighted by atomic mass is 10.0. The van der Waals surface area contributed by atoms with Crippen LogP contribution in [0.2, 0.25) is 0 Å². The van der Waals surface area contributed by atoms with Crippen molar-refractivity contribution in [2.45, 2.75) is 52.5 Å². The predicted molar refractivity (Wildman–Crippen MR) is 74.6 cm³/mol. The monoisotopic (exact) mass is 262 g/mol. The van der Waals surface area contributed by atoms with Crippen LogP contribution in [0.15, 0.2) is 0 Å². The highest BCUT2D eigenvalue weighted by Gasteiger charge is 2.28. The van der Waals surface area contributed by atoms with Crippen molar-refractivity contribution in [2.75, 3.05) is 19.6 Å². The zero-order valence-corrected chi connectivity index (χ0v) is 12.2. The molecule has 0 saturated carbocycles. The van der Waals surface area contributed by atoms with Crippen LogP contribution in [0.5, 0.6) is 0 Å². The minimum Gasteiger partial charge on any atom is -0.338 e. The number of nitrogens with zero attached hydrogens (tertiary/aromatic N) is 1. The van der Waals surface area contributed by atoms with E-state index >= 15 is 0 Å². The summed E-state index contributed by atoms with van der Waals surface area (Å²) in [5, 5.41) is 3.35. The Morgan fingerprint density at radius 1 is 1.35 bits per heavy atom. The summed E-state index contributed by atoms with van der Waals surface area (Å²) in [6, 6.07) is 0.438. The van der Waals surface area contributed by atoms with Crippen LogP contribution in [0.1, 0.15) is 46.5 Å². The first-order valence-electron chi connectivity index (χ1n) is 6.75. The van der Waals surface area contributed by atoms with Crippen LogP contribution in [0.3, 0.4) is 0 Å². The number of carbonyl (C=O) groups excluding carboxylic acids is 1. The Bertz CT molecular complexity index is 213. The lowest BCUT2D eigenvalue weighted by Crippen LogP contribution is -2.44. The normalized spacial score (nSPS) is 19.2. The summed E-state index contributed by atoms with van der Waals surface area (Å²) in [7, 11) is 0. The topological polar surface area (TPSA) is 32.3 Å². The van der Waals surface area contributed by atoms with Crippen molar-refractivity contribution >= 4 is 18.3 Å². The smallest absolute Gasteiger partial charge is 0.225 e. The molecule has 17 heavy (non-hydrogen) atoms. The molecule has 0 radical (unpaired) electrons. The fraction of sp³-hybridized carbons (Fsp3) is 0.923. The van der Waals surface area contributed by atoms with Gasteiger partial charge in [-0.15, -0.1) is 12.4 Å². The molecule has 0 spiro atoms. The largest absolute Gasteiger partial charge is 0.338 e. The number of nitrogens with one attached hydrogen (secondary N) is 1. The molecular weight excluding hydrogens is 236 g/mol. The molecule has 1 unspecified atom stereocenters. The minimum absolute atomic E-state index is 0. The van der Waals surface area contributed by atoms with Gasteiger partial charge in [0.2, 0.25) is 5.91 Å². The molecule has 3 nitrogen and oxygen atoms in total. The second kappa shape index (κ2) is 8.76. The van der Waals surface area contributed by atoms with Crippen molar-refractivity contribution in [3.63, 3.8) is 0 Å². The molecule has 1 N–H and O–H groups in total. The molecule has 1 rings (SSSR count). The van der Waals surface area contributed by atoms with Gasteiger partial charge in [0.15, 0.2) is 0 Å². The molecule has 1 atom stereocenters. The molecule has 0 aliphatic carbocycles. The van der Waals surface area contributed by atoms with Gasteiger partial charge in [0.1, 0.15) is 0 Å². The maximum atomic E-state index is 12.4. The van der Waals surface area contributed by atoms with E-state index in [4.69, 9.17) is 0 Å². The molecule has 0 aromatic heterocycles. The van der Waals surface area contributed by atoms with E-state index in [0.29, 0.717) is 11.9 Å². The van der Waals surface area contributed by atoms with Crippen LogP contribution in [0, 0.1) is 5.92 Å². The highest BCUT2D eigenvalue weighted by molar-refractivity contribution is 5.85. The maximum absolute atomic E-state index is 12.4. The molecule has 1 heterocycles. The quantitative estimate of drug-likeness (QED) is 0.798. The van der Waals surface area contributed by atoms with Gasteiger partial charge in [-0.05, 0) is 32.2 Å². The summed E-state index contributed by atoms with van der Waals surface area (Å²) in [5.41, 5.74) is 0. The number of amides is 1. The van der Waals surface area contributed by atoms with Crippen molar-refractivity contribution in [2.24, 2.45) is 5.92 Å². The maximum Gasteiger partial charge on any atom is 0.225 e. The third kappa shape index (κ3) is 4.47. The van der Waals surface area contributed by atoms with Crippen molar-refractivity contribution < 1.29 is 4.79 Å².